The molecule has 0 bridgehead atoms. The van der Waals surface area contributed by atoms with Gasteiger partial charge in [0.1, 0.15) is 11.0 Å². The molecule has 1 aromatic heterocycles. The van der Waals surface area contributed by atoms with Crippen LogP contribution < -0.4 is 10.9 Å². The minimum atomic E-state index is -0.449. The number of halogens is 1. The van der Waals surface area contributed by atoms with Crippen molar-refractivity contribution in [3.8, 4) is 12.3 Å². The molecule has 0 aliphatic carbocycles. The number of nitrogens with zero attached hydrogens (tertiary/aromatic N) is 2. The van der Waals surface area contributed by atoms with Crippen molar-refractivity contribution in [3.05, 3.63) is 21.0 Å². The van der Waals surface area contributed by atoms with Crippen LogP contribution in [0, 0.1) is 12.3 Å². The first-order valence-electron chi connectivity index (χ1n) is 6.11. The molecule has 0 aliphatic rings. The third-order valence-electron chi connectivity index (χ3n) is 3.28. The van der Waals surface area contributed by atoms with Crippen LogP contribution in [-0.4, -0.2) is 27.0 Å². The Labute approximate surface area is 121 Å². The molecule has 0 fully saturated rings. The van der Waals surface area contributed by atoms with Gasteiger partial charge < -0.3 is 10.4 Å². The average molecular weight is 328 g/mol. The Balaban J connectivity index is 3.14. The molecule has 0 unspecified atom stereocenters. The maximum Gasteiger partial charge on any atom is 0.284 e. The monoisotopic (exact) mass is 327 g/mol. The van der Waals surface area contributed by atoms with Gasteiger partial charge in [-0.2, -0.15) is 5.10 Å². The van der Waals surface area contributed by atoms with E-state index < -0.39 is 5.54 Å². The zero-order valence-electron chi connectivity index (χ0n) is 11.1. The Morgan fingerprint density at radius 3 is 2.68 bits per heavy atom. The summed E-state index contributed by atoms with van der Waals surface area (Å²) >= 11 is 3.26. The quantitative estimate of drug-likeness (QED) is 0.779. The smallest absolute Gasteiger partial charge is 0.284 e. The average Bonchev–Trinajstić information content (AvgIpc) is 2.44. The predicted octanol–water partition coefficient (Wildman–Crippen LogP) is 1.60. The van der Waals surface area contributed by atoms with Crippen LogP contribution in [0.15, 0.2) is 15.5 Å². The molecule has 0 atom stereocenters. The lowest BCUT2D eigenvalue weighted by molar-refractivity contribution is 0.202. The van der Waals surface area contributed by atoms with Gasteiger partial charge in [0.25, 0.3) is 5.56 Å². The maximum absolute atomic E-state index is 12.0. The molecular formula is C13H18BrN3O2. The zero-order valence-corrected chi connectivity index (χ0v) is 12.7. The molecule has 0 aromatic carbocycles. The molecule has 19 heavy (non-hydrogen) atoms. The molecule has 104 valence electrons. The lowest BCUT2D eigenvalue weighted by atomic mass is 9.93. The van der Waals surface area contributed by atoms with Crippen molar-refractivity contribution in [1.29, 1.82) is 0 Å². The minimum Gasteiger partial charge on any atom is -0.394 e. The van der Waals surface area contributed by atoms with Crippen molar-refractivity contribution in [1.82, 2.24) is 9.78 Å². The summed E-state index contributed by atoms with van der Waals surface area (Å²) in [5.74, 6) is 2.37. The van der Waals surface area contributed by atoms with Crippen LogP contribution in [0.1, 0.15) is 26.7 Å². The molecule has 1 aromatic rings. The van der Waals surface area contributed by atoms with Gasteiger partial charge in [0.15, 0.2) is 0 Å². The van der Waals surface area contributed by atoms with E-state index in [9.17, 15) is 9.90 Å². The number of hydrogen-bond donors (Lipinski definition) is 2. The summed E-state index contributed by atoms with van der Waals surface area (Å²) < 4.78 is 1.57. The van der Waals surface area contributed by atoms with Crippen LogP contribution in [0.3, 0.4) is 0 Å². The van der Waals surface area contributed by atoms with Gasteiger partial charge >= 0.3 is 0 Å². The standard InChI is InChI=1S/C13H18BrN3O2/c1-4-7-17-12(19)11(14)10(8-15-17)16-13(5-2,6-3)9-18/h1,8,16,18H,5-7,9H2,2-3H3. The summed E-state index contributed by atoms with van der Waals surface area (Å²) in [4.78, 5) is 12.0. The number of aromatic nitrogens is 2. The number of aliphatic hydroxyl groups excluding tert-OH is 1. The zero-order chi connectivity index (χ0) is 14.5. The molecule has 0 aliphatic heterocycles. The number of anilines is 1. The van der Waals surface area contributed by atoms with Gasteiger partial charge in [-0.25, -0.2) is 4.68 Å². The van der Waals surface area contributed by atoms with Crippen LogP contribution in [0.5, 0.6) is 0 Å². The lowest BCUT2D eigenvalue weighted by Crippen LogP contribution is -2.41. The maximum atomic E-state index is 12.0. The first-order valence-corrected chi connectivity index (χ1v) is 6.91. The van der Waals surface area contributed by atoms with Crippen LogP contribution in [0.25, 0.3) is 0 Å². The van der Waals surface area contributed by atoms with Crippen molar-refractivity contribution in [3.63, 3.8) is 0 Å². The number of hydrogen-bond acceptors (Lipinski definition) is 4. The van der Waals surface area contributed by atoms with E-state index in [4.69, 9.17) is 6.42 Å². The molecule has 0 spiro atoms. The van der Waals surface area contributed by atoms with E-state index in [1.807, 2.05) is 13.8 Å². The fourth-order valence-corrected chi connectivity index (χ4v) is 2.13. The molecule has 1 rings (SSSR count). The van der Waals surface area contributed by atoms with Gasteiger partial charge in [0, 0.05) is 0 Å². The SMILES string of the molecule is C#CCn1ncc(NC(CC)(CC)CO)c(Br)c1=O. The fourth-order valence-electron chi connectivity index (χ4n) is 1.73. The highest BCUT2D eigenvalue weighted by Gasteiger charge is 2.26. The number of aliphatic hydroxyl groups is 1. The molecule has 1 heterocycles. The van der Waals surface area contributed by atoms with Crippen LogP contribution >= 0.6 is 15.9 Å². The Morgan fingerprint density at radius 1 is 1.58 bits per heavy atom. The van der Waals surface area contributed by atoms with Gasteiger partial charge in [-0.15, -0.1) is 6.42 Å². The van der Waals surface area contributed by atoms with Crippen LogP contribution in [-0.2, 0) is 6.54 Å². The minimum absolute atomic E-state index is 0.0140. The second-order valence-electron chi connectivity index (χ2n) is 4.31. The summed E-state index contributed by atoms with van der Waals surface area (Å²) in [5, 5.41) is 16.7. The second kappa shape index (κ2) is 6.73. The van der Waals surface area contributed by atoms with Crippen molar-refractivity contribution >= 4 is 21.6 Å². The van der Waals surface area contributed by atoms with Crippen LogP contribution in [0.2, 0.25) is 0 Å². The van der Waals surface area contributed by atoms with Crippen molar-refractivity contribution in [2.45, 2.75) is 38.8 Å². The van der Waals surface area contributed by atoms with E-state index in [1.54, 1.807) is 6.20 Å². The van der Waals surface area contributed by atoms with E-state index >= 15 is 0 Å². The van der Waals surface area contributed by atoms with E-state index in [0.29, 0.717) is 10.2 Å². The Kier molecular flexibility index (Phi) is 5.58. The second-order valence-corrected chi connectivity index (χ2v) is 5.10. The molecule has 5 nitrogen and oxygen atoms in total. The number of terminal acetylenes is 1. The third kappa shape index (κ3) is 3.37. The van der Waals surface area contributed by atoms with Crippen molar-refractivity contribution in [2.75, 3.05) is 11.9 Å². The first-order chi connectivity index (χ1) is 9.03. The van der Waals surface area contributed by atoms with E-state index in [1.165, 1.54) is 4.68 Å². The Hall–Kier alpha value is -1.32. The van der Waals surface area contributed by atoms with Crippen molar-refractivity contribution in [2.24, 2.45) is 0 Å². The van der Waals surface area contributed by atoms with Crippen LogP contribution in [0.4, 0.5) is 5.69 Å². The highest BCUT2D eigenvalue weighted by molar-refractivity contribution is 9.10. The van der Waals surface area contributed by atoms with E-state index in [0.717, 1.165) is 12.8 Å². The normalized spacial score (nSPS) is 11.1. The molecule has 0 saturated carbocycles. The summed E-state index contributed by atoms with van der Waals surface area (Å²) in [5.41, 5.74) is -0.174. The van der Waals surface area contributed by atoms with Gasteiger partial charge in [-0.05, 0) is 28.8 Å². The topological polar surface area (TPSA) is 67.2 Å². The molecule has 0 radical (unpaired) electrons. The third-order valence-corrected chi connectivity index (χ3v) is 4.05. The summed E-state index contributed by atoms with van der Waals surface area (Å²) in [7, 11) is 0. The molecule has 0 saturated heterocycles. The van der Waals surface area contributed by atoms with Gasteiger partial charge in [-0.3, -0.25) is 4.79 Å². The summed E-state index contributed by atoms with van der Waals surface area (Å²) in [6.45, 7) is 4.07. The summed E-state index contributed by atoms with van der Waals surface area (Å²) in [6, 6.07) is 0. The van der Waals surface area contributed by atoms with E-state index in [2.05, 4.69) is 32.3 Å². The first kappa shape index (κ1) is 15.7. The highest BCUT2D eigenvalue weighted by atomic mass is 79.9. The fraction of sp³-hybridized carbons (Fsp3) is 0.538. The largest absolute Gasteiger partial charge is 0.394 e. The van der Waals surface area contributed by atoms with E-state index in [-0.39, 0.29) is 18.7 Å². The number of rotatable bonds is 6. The van der Waals surface area contributed by atoms with Gasteiger partial charge in [0.2, 0.25) is 0 Å². The lowest BCUT2D eigenvalue weighted by Gasteiger charge is -2.32. The predicted molar refractivity (Wildman–Crippen MR) is 79.1 cm³/mol. The molecular weight excluding hydrogens is 310 g/mol. The highest BCUT2D eigenvalue weighted by Crippen LogP contribution is 2.25. The molecule has 2 N–H and O–H groups in total. The molecule has 0 amide bonds. The van der Waals surface area contributed by atoms with Crippen molar-refractivity contribution < 1.29 is 5.11 Å². The van der Waals surface area contributed by atoms with Gasteiger partial charge in [0.05, 0.1) is 24.0 Å². The number of nitrogens with one attached hydrogen (secondary N) is 1. The Morgan fingerprint density at radius 2 is 2.21 bits per heavy atom. The van der Waals surface area contributed by atoms with Gasteiger partial charge in [-0.1, -0.05) is 19.8 Å². The summed E-state index contributed by atoms with van der Waals surface area (Å²) in [6.07, 6.45) is 8.18. The molecule has 6 heteroatoms. The Bertz CT molecular complexity index is 521.